The number of allylic oxidation sites excluding steroid dienone is 1. The molecule has 0 fully saturated rings. The summed E-state index contributed by atoms with van der Waals surface area (Å²) in [6.45, 7) is 1.94. The number of rotatable bonds is 7. The molecule has 0 aliphatic carbocycles. The maximum Gasteiger partial charge on any atom is 0.369 e. The molecular formula is C19H19ClF2O2S. The Labute approximate surface area is 152 Å². The van der Waals surface area contributed by atoms with Crippen LogP contribution >= 0.6 is 11.6 Å². The van der Waals surface area contributed by atoms with Crippen LogP contribution in [0.3, 0.4) is 0 Å². The molecule has 0 amide bonds. The summed E-state index contributed by atoms with van der Waals surface area (Å²) in [6, 6.07) is 13.2. The summed E-state index contributed by atoms with van der Waals surface area (Å²) in [7, 11) is -4.81. The van der Waals surface area contributed by atoms with Gasteiger partial charge in [-0.15, -0.1) is 0 Å². The second-order valence-electron chi connectivity index (χ2n) is 5.66. The smallest absolute Gasteiger partial charge is 0.217 e. The third kappa shape index (κ3) is 4.67. The summed E-state index contributed by atoms with van der Waals surface area (Å²) >= 11 is 5.84. The standard InChI is InChI=1S/C19H19ClF2O2S/c1-2-3-7-16(15-10-12-17(20)13-11-15)14-19(21,22)25(23,24)18-8-5-4-6-9-18/h4-6,8-14H,2-3,7H2,1H3/b16-14+. The van der Waals surface area contributed by atoms with Crippen LogP contribution < -0.4 is 0 Å². The fraction of sp³-hybridized carbons (Fsp3) is 0.263. The lowest BCUT2D eigenvalue weighted by molar-refractivity contribution is 0.147. The van der Waals surface area contributed by atoms with Crippen LogP contribution in [-0.4, -0.2) is 13.7 Å². The first kappa shape index (κ1) is 19.6. The van der Waals surface area contributed by atoms with Gasteiger partial charge in [-0.3, -0.25) is 0 Å². The van der Waals surface area contributed by atoms with Gasteiger partial charge in [0.15, 0.2) is 0 Å². The van der Waals surface area contributed by atoms with Gasteiger partial charge in [0.05, 0.1) is 4.90 Å². The number of benzene rings is 2. The Bertz CT molecular complexity index is 829. The van der Waals surface area contributed by atoms with E-state index in [2.05, 4.69) is 0 Å². The molecule has 25 heavy (non-hydrogen) atoms. The molecule has 0 unspecified atom stereocenters. The molecule has 134 valence electrons. The normalized spacial score (nSPS) is 13.0. The van der Waals surface area contributed by atoms with Gasteiger partial charge in [-0.25, -0.2) is 8.42 Å². The molecule has 0 radical (unpaired) electrons. The number of hydrogen-bond donors (Lipinski definition) is 0. The molecule has 2 aromatic carbocycles. The quantitative estimate of drug-likeness (QED) is 0.588. The van der Waals surface area contributed by atoms with E-state index in [9.17, 15) is 17.2 Å². The van der Waals surface area contributed by atoms with E-state index in [1.807, 2.05) is 6.92 Å². The van der Waals surface area contributed by atoms with Gasteiger partial charge in [-0.05, 0) is 48.2 Å². The van der Waals surface area contributed by atoms with Crippen molar-refractivity contribution in [3.05, 3.63) is 71.3 Å². The Kier molecular flexibility index (Phi) is 6.36. The summed E-state index contributed by atoms with van der Waals surface area (Å²) in [5.41, 5.74) is 0.837. The Morgan fingerprint density at radius 2 is 1.68 bits per heavy atom. The maximum absolute atomic E-state index is 14.6. The molecule has 0 aliphatic rings. The molecule has 0 atom stereocenters. The van der Waals surface area contributed by atoms with Crippen molar-refractivity contribution in [2.75, 3.05) is 0 Å². The van der Waals surface area contributed by atoms with Crippen LogP contribution in [0.5, 0.6) is 0 Å². The van der Waals surface area contributed by atoms with Crippen molar-refractivity contribution in [2.45, 2.75) is 36.3 Å². The van der Waals surface area contributed by atoms with E-state index in [1.54, 1.807) is 30.3 Å². The lowest BCUT2D eigenvalue weighted by atomic mass is 10.00. The summed E-state index contributed by atoms with van der Waals surface area (Å²) in [6.07, 6.45) is 2.41. The zero-order valence-corrected chi connectivity index (χ0v) is 15.3. The Morgan fingerprint density at radius 3 is 2.24 bits per heavy atom. The highest BCUT2D eigenvalue weighted by Crippen LogP contribution is 2.35. The van der Waals surface area contributed by atoms with E-state index in [0.29, 0.717) is 35.1 Å². The van der Waals surface area contributed by atoms with Gasteiger partial charge in [0.25, 0.3) is 0 Å². The summed E-state index contributed by atoms with van der Waals surface area (Å²) < 4.78 is 53.9. The fourth-order valence-electron chi connectivity index (χ4n) is 2.37. The fourth-order valence-corrected chi connectivity index (χ4v) is 3.62. The summed E-state index contributed by atoms with van der Waals surface area (Å²) in [4.78, 5) is -0.401. The van der Waals surface area contributed by atoms with Crippen molar-refractivity contribution in [2.24, 2.45) is 0 Å². The average molecular weight is 385 g/mol. The molecule has 0 saturated carbocycles. The van der Waals surface area contributed by atoms with Gasteiger partial charge in [0.1, 0.15) is 0 Å². The molecule has 2 aromatic rings. The third-order valence-corrected chi connectivity index (χ3v) is 5.75. The van der Waals surface area contributed by atoms with Gasteiger partial charge >= 0.3 is 5.25 Å². The van der Waals surface area contributed by atoms with Crippen LogP contribution in [0.15, 0.2) is 65.6 Å². The molecular weight excluding hydrogens is 366 g/mol. The Balaban J connectivity index is 2.47. The van der Waals surface area contributed by atoms with Crippen molar-refractivity contribution >= 4 is 27.0 Å². The highest BCUT2D eigenvalue weighted by Gasteiger charge is 2.44. The number of unbranched alkanes of at least 4 members (excludes halogenated alkanes) is 1. The van der Waals surface area contributed by atoms with E-state index in [4.69, 9.17) is 11.6 Å². The minimum absolute atomic E-state index is 0.294. The molecule has 0 saturated heterocycles. The van der Waals surface area contributed by atoms with Gasteiger partial charge in [-0.2, -0.15) is 8.78 Å². The molecule has 0 spiro atoms. The monoisotopic (exact) mass is 384 g/mol. The van der Waals surface area contributed by atoms with Crippen LogP contribution in [0, 0.1) is 0 Å². The second-order valence-corrected chi connectivity index (χ2v) is 8.12. The molecule has 0 N–H and O–H groups in total. The van der Waals surface area contributed by atoms with E-state index in [1.165, 1.54) is 24.3 Å². The van der Waals surface area contributed by atoms with Crippen molar-refractivity contribution < 1.29 is 17.2 Å². The van der Waals surface area contributed by atoms with Crippen LogP contribution in [0.1, 0.15) is 31.7 Å². The average Bonchev–Trinajstić information content (AvgIpc) is 2.60. The van der Waals surface area contributed by atoms with Crippen LogP contribution in [0.4, 0.5) is 8.78 Å². The van der Waals surface area contributed by atoms with Crippen molar-refractivity contribution in [1.29, 1.82) is 0 Å². The van der Waals surface area contributed by atoms with E-state index in [-0.39, 0.29) is 0 Å². The van der Waals surface area contributed by atoms with Gasteiger partial charge < -0.3 is 0 Å². The molecule has 2 nitrogen and oxygen atoms in total. The first-order valence-corrected chi connectivity index (χ1v) is 9.79. The molecule has 0 bridgehead atoms. The number of sulfone groups is 1. The molecule has 0 heterocycles. The van der Waals surface area contributed by atoms with Gasteiger partial charge in [0.2, 0.25) is 9.84 Å². The lowest BCUT2D eigenvalue weighted by Gasteiger charge is -2.16. The summed E-state index contributed by atoms with van der Waals surface area (Å²) in [5.74, 6) is 0. The Hall–Kier alpha value is -1.72. The van der Waals surface area contributed by atoms with E-state index in [0.717, 1.165) is 6.42 Å². The SMILES string of the molecule is CCCC/C(=C\C(F)(F)S(=O)(=O)c1ccccc1)c1ccc(Cl)cc1. The predicted molar refractivity (Wildman–Crippen MR) is 97.5 cm³/mol. The molecule has 2 rings (SSSR count). The van der Waals surface area contributed by atoms with Gasteiger partial charge in [-0.1, -0.05) is 55.3 Å². The van der Waals surface area contributed by atoms with Crippen LogP contribution in [0.2, 0.25) is 5.02 Å². The highest BCUT2D eigenvalue weighted by atomic mass is 35.5. The van der Waals surface area contributed by atoms with E-state index < -0.39 is 20.0 Å². The third-order valence-electron chi connectivity index (χ3n) is 3.77. The van der Waals surface area contributed by atoms with Crippen molar-refractivity contribution in [1.82, 2.24) is 0 Å². The minimum Gasteiger partial charge on any atom is -0.217 e. The summed E-state index contributed by atoms with van der Waals surface area (Å²) in [5, 5.41) is -3.51. The number of hydrogen-bond acceptors (Lipinski definition) is 2. The largest absolute Gasteiger partial charge is 0.369 e. The zero-order chi connectivity index (χ0) is 18.5. The molecule has 0 aliphatic heterocycles. The lowest BCUT2D eigenvalue weighted by Crippen LogP contribution is -2.27. The second kappa shape index (κ2) is 8.11. The Morgan fingerprint density at radius 1 is 1.08 bits per heavy atom. The van der Waals surface area contributed by atoms with E-state index >= 15 is 0 Å². The van der Waals surface area contributed by atoms with Crippen LogP contribution in [-0.2, 0) is 9.84 Å². The van der Waals surface area contributed by atoms with Crippen molar-refractivity contribution in [3.63, 3.8) is 0 Å². The maximum atomic E-state index is 14.6. The molecule has 0 aromatic heterocycles. The topological polar surface area (TPSA) is 34.1 Å². The highest BCUT2D eigenvalue weighted by molar-refractivity contribution is 7.92. The number of alkyl halides is 2. The zero-order valence-electron chi connectivity index (χ0n) is 13.8. The molecule has 6 heteroatoms. The predicted octanol–water partition coefficient (Wildman–Crippen LogP) is 5.98. The van der Waals surface area contributed by atoms with Crippen LogP contribution in [0.25, 0.3) is 5.57 Å². The van der Waals surface area contributed by atoms with Crippen molar-refractivity contribution in [3.8, 4) is 0 Å². The minimum atomic E-state index is -4.81. The van der Waals surface area contributed by atoms with Gasteiger partial charge in [0, 0.05) is 11.1 Å². The first-order valence-electron chi connectivity index (χ1n) is 7.93. The first-order chi connectivity index (χ1) is 11.8. The number of halogens is 3.